The predicted molar refractivity (Wildman–Crippen MR) is 60.4 cm³/mol. The van der Waals surface area contributed by atoms with E-state index in [1.54, 1.807) is 0 Å². The number of hydrogen-bond donors (Lipinski definition) is 2. The molecule has 0 saturated heterocycles. The summed E-state index contributed by atoms with van der Waals surface area (Å²) >= 11 is 0. The lowest BCUT2D eigenvalue weighted by Crippen LogP contribution is -2.40. The van der Waals surface area contributed by atoms with Crippen molar-refractivity contribution in [3.8, 4) is 0 Å². The van der Waals surface area contributed by atoms with E-state index in [1.165, 1.54) is 25.7 Å². The lowest BCUT2D eigenvalue weighted by molar-refractivity contribution is -0.140. The Balaban J connectivity index is 1.57. The highest BCUT2D eigenvalue weighted by atomic mass is 16.5. The third kappa shape index (κ3) is 3.46. The Bertz CT molecular complexity index is 234. The summed E-state index contributed by atoms with van der Waals surface area (Å²) in [6, 6.07) is -0.354. The van der Waals surface area contributed by atoms with E-state index < -0.39 is 5.97 Å². The molecule has 2 aliphatic carbocycles. The summed E-state index contributed by atoms with van der Waals surface area (Å²) in [5.41, 5.74) is 0. The number of rotatable bonds is 7. The van der Waals surface area contributed by atoms with Gasteiger partial charge in [0, 0.05) is 6.54 Å². The van der Waals surface area contributed by atoms with Crippen molar-refractivity contribution < 1.29 is 14.6 Å². The van der Waals surface area contributed by atoms with Crippen molar-refractivity contribution in [1.29, 1.82) is 0 Å². The molecule has 0 aliphatic heterocycles. The van der Waals surface area contributed by atoms with E-state index in [1.807, 2.05) is 0 Å². The van der Waals surface area contributed by atoms with Crippen LogP contribution < -0.4 is 5.32 Å². The summed E-state index contributed by atoms with van der Waals surface area (Å²) in [7, 11) is 0. The Morgan fingerprint density at radius 1 is 1.31 bits per heavy atom. The van der Waals surface area contributed by atoms with Gasteiger partial charge >= 0.3 is 5.97 Å². The lowest BCUT2D eigenvalue weighted by Gasteiger charge is -2.15. The van der Waals surface area contributed by atoms with Crippen LogP contribution in [0.3, 0.4) is 0 Å². The number of carbonyl (C=O) groups is 1. The molecule has 0 radical (unpaired) electrons. The maximum Gasteiger partial charge on any atom is 0.320 e. The monoisotopic (exact) mass is 227 g/mol. The molecule has 0 spiro atoms. The van der Waals surface area contributed by atoms with Crippen LogP contribution in [0, 0.1) is 5.92 Å². The molecule has 0 aromatic carbocycles. The first kappa shape index (κ1) is 11.9. The average Bonchev–Trinajstić information content (AvgIpc) is 2.94. The highest BCUT2D eigenvalue weighted by Crippen LogP contribution is 2.32. The second-order valence-corrected chi connectivity index (χ2v) is 4.88. The largest absolute Gasteiger partial charge is 0.480 e. The topological polar surface area (TPSA) is 58.6 Å². The molecule has 2 rings (SSSR count). The molecule has 2 N–H and O–H groups in total. The maximum absolute atomic E-state index is 10.9. The molecule has 16 heavy (non-hydrogen) atoms. The fourth-order valence-corrected chi connectivity index (χ4v) is 2.38. The summed E-state index contributed by atoms with van der Waals surface area (Å²) in [6.45, 7) is 1.30. The second-order valence-electron chi connectivity index (χ2n) is 4.88. The summed E-state index contributed by atoms with van der Waals surface area (Å²) < 4.78 is 5.68. The average molecular weight is 227 g/mol. The molecule has 0 bridgehead atoms. The molecule has 1 atom stereocenters. The summed E-state index contributed by atoms with van der Waals surface area (Å²) in [4.78, 5) is 10.9. The van der Waals surface area contributed by atoms with Gasteiger partial charge in [0.25, 0.3) is 0 Å². The Labute approximate surface area is 96.4 Å². The van der Waals surface area contributed by atoms with Gasteiger partial charge in [0.05, 0.1) is 12.7 Å². The van der Waals surface area contributed by atoms with E-state index in [-0.39, 0.29) is 6.04 Å². The molecule has 0 heterocycles. The molecule has 2 aliphatic rings. The molecule has 1 unspecified atom stereocenters. The van der Waals surface area contributed by atoms with Gasteiger partial charge in [-0.15, -0.1) is 0 Å². The van der Waals surface area contributed by atoms with Crippen LogP contribution in [0.4, 0.5) is 0 Å². The van der Waals surface area contributed by atoms with E-state index in [9.17, 15) is 4.79 Å². The molecule has 4 heteroatoms. The van der Waals surface area contributed by atoms with Crippen LogP contribution in [0.1, 0.15) is 38.5 Å². The van der Waals surface area contributed by atoms with Crippen LogP contribution in [0.25, 0.3) is 0 Å². The molecular weight excluding hydrogens is 206 g/mol. The van der Waals surface area contributed by atoms with Gasteiger partial charge in [-0.2, -0.15) is 0 Å². The van der Waals surface area contributed by atoms with Gasteiger partial charge in [-0.05, 0) is 31.6 Å². The quantitative estimate of drug-likeness (QED) is 0.645. The molecule has 2 fully saturated rings. The van der Waals surface area contributed by atoms with Crippen molar-refractivity contribution in [1.82, 2.24) is 5.32 Å². The Morgan fingerprint density at radius 3 is 2.56 bits per heavy atom. The summed E-state index contributed by atoms with van der Waals surface area (Å²) in [5.74, 6) is -0.368. The van der Waals surface area contributed by atoms with Crippen LogP contribution in [0.2, 0.25) is 0 Å². The molecular formula is C12H21NO3. The van der Waals surface area contributed by atoms with Gasteiger partial charge in [0.15, 0.2) is 0 Å². The molecule has 0 aromatic rings. The molecule has 92 valence electrons. The Morgan fingerprint density at radius 2 is 2.00 bits per heavy atom. The highest BCUT2D eigenvalue weighted by molar-refractivity contribution is 5.74. The van der Waals surface area contributed by atoms with Gasteiger partial charge in [0.2, 0.25) is 0 Å². The third-order valence-corrected chi connectivity index (χ3v) is 3.48. The smallest absolute Gasteiger partial charge is 0.320 e. The van der Waals surface area contributed by atoms with Crippen molar-refractivity contribution >= 4 is 5.97 Å². The molecule has 0 amide bonds. The maximum atomic E-state index is 10.9. The van der Waals surface area contributed by atoms with Gasteiger partial charge < -0.3 is 15.2 Å². The van der Waals surface area contributed by atoms with Crippen molar-refractivity contribution in [2.75, 3.05) is 13.2 Å². The van der Waals surface area contributed by atoms with Crippen LogP contribution in [-0.2, 0) is 9.53 Å². The minimum atomic E-state index is -0.719. The number of carboxylic acid groups (broad SMARTS) is 1. The second kappa shape index (κ2) is 5.64. The SMILES string of the molecule is O=C(O)C(NCCOC1CCCC1)C1CC1. The highest BCUT2D eigenvalue weighted by Gasteiger charge is 2.35. The van der Waals surface area contributed by atoms with Gasteiger partial charge in [-0.3, -0.25) is 4.79 Å². The van der Waals surface area contributed by atoms with E-state index >= 15 is 0 Å². The normalized spacial score (nSPS) is 23.5. The lowest BCUT2D eigenvalue weighted by atomic mass is 10.2. The number of aliphatic carboxylic acids is 1. The van der Waals surface area contributed by atoms with Gasteiger partial charge in [0.1, 0.15) is 6.04 Å². The van der Waals surface area contributed by atoms with Crippen LogP contribution in [0.15, 0.2) is 0 Å². The number of carboxylic acids is 1. The first-order valence-corrected chi connectivity index (χ1v) is 6.35. The zero-order valence-corrected chi connectivity index (χ0v) is 9.65. The Hall–Kier alpha value is -0.610. The van der Waals surface area contributed by atoms with Crippen LogP contribution in [0.5, 0.6) is 0 Å². The molecule has 2 saturated carbocycles. The van der Waals surface area contributed by atoms with E-state index in [0.717, 1.165) is 12.8 Å². The standard InChI is InChI=1S/C12H21NO3/c14-12(15)11(9-5-6-9)13-7-8-16-10-3-1-2-4-10/h9-11,13H,1-8H2,(H,14,15). The van der Waals surface area contributed by atoms with Crippen LogP contribution in [-0.4, -0.2) is 36.4 Å². The zero-order chi connectivity index (χ0) is 11.4. The summed E-state index contributed by atoms with van der Waals surface area (Å²) in [5, 5.41) is 12.1. The summed E-state index contributed by atoms with van der Waals surface area (Å²) in [6.07, 6.45) is 7.41. The van der Waals surface area contributed by atoms with E-state index in [0.29, 0.717) is 25.2 Å². The zero-order valence-electron chi connectivity index (χ0n) is 9.65. The van der Waals surface area contributed by atoms with Crippen molar-refractivity contribution in [3.63, 3.8) is 0 Å². The number of hydrogen-bond acceptors (Lipinski definition) is 3. The molecule has 0 aromatic heterocycles. The fraction of sp³-hybridized carbons (Fsp3) is 0.917. The minimum absolute atomic E-state index is 0.351. The number of ether oxygens (including phenoxy) is 1. The van der Waals surface area contributed by atoms with Crippen molar-refractivity contribution in [2.24, 2.45) is 5.92 Å². The van der Waals surface area contributed by atoms with E-state index in [4.69, 9.17) is 9.84 Å². The third-order valence-electron chi connectivity index (χ3n) is 3.48. The van der Waals surface area contributed by atoms with Gasteiger partial charge in [-0.25, -0.2) is 0 Å². The number of nitrogens with one attached hydrogen (secondary N) is 1. The minimum Gasteiger partial charge on any atom is -0.480 e. The van der Waals surface area contributed by atoms with Crippen molar-refractivity contribution in [3.05, 3.63) is 0 Å². The van der Waals surface area contributed by atoms with Crippen molar-refractivity contribution in [2.45, 2.75) is 50.7 Å². The fourth-order valence-electron chi connectivity index (χ4n) is 2.38. The van der Waals surface area contributed by atoms with Gasteiger partial charge in [-0.1, -0.05) is 12.8 Å². The molecule has 4 nitrogen and oxygen atoms in total. The van der Waals surface area contributed by atoms with Crippen LogP contribution >= 0.6 is 0 Å². The Kier molecular flexibility index (Phi) is 4.18. The predicted octanol–water partition coefficient (Wildman–Crippen LogP) is 1.40. The first-order valence-electron chi connectivity index (χ1n) is 6.35. The van der Waals surface area contributed by atoms with E-state index in [2.05, 4.69) is 5.32 Å². The first-order chi connectivity index (χ1) is 7.77.